The van der Waals surface area contributed by atoms with E-state index in [9.17, 15) is 0 Å². The number of nitrogens with zero attached hydrogens (tertiary/aromatic N) is 2. The lowest BCUT2D eigenvalue weighted by Gasteiger charge is -2.11. The molecule has 0 saturated carbocycles. The minimum atomic E-state index is 0.329. The van der Waals surface area contributed by atoms with Crippen molar-refractivity contribution in [3.8, 4) is 5.75 Å². The zero-order chi connectivity index (χ0) is 14.0. The fourth-order valence-electron chi connectivity index (χ4n) is 1.79. The molecule has 2 rings (SSSR count). The number of nitrogen functional groups attached to an aromatic ring is 1. The van der Waals surface area contributed by atoms with Crippen molar-refractivity contribution in [2.24, 2.45) is 7.05 Å². The summed E-state index contributed by atoms with van der Waals surface area (Å²) >= 11 is 9.69. The number of rotatable bonds is 4. The van der Waals surface area contributed by atoms with E-state index in [1.54, 1.807) is 10.7 Å². The van der Waals surface area contributed by atoms with Gasteiger partial charge in [-0.15, -0.1) is 0 Å². The summed E-state index contributed by atoms with van der Waals surface area (Å²) < 4.78 is 8.32. The van der Waals surface area contributed by atoms with Crippen LogP contribution in [0.5, 0.6) is 5.75 Å². The van der Waals surface area contributed by atoms with E-state index >= 15 is 0 Å². The fraction of sp³-hybridized carbons (Fsp3) is 0.308. The highest BCUT2D eigenvalue weighted by Gasteiger charge is 2.14. The molecule has 1 aromatic carbocycles. The maximum atomic E-state index is 6.27. The average Bonchev–Trinajstić information content (AvgIpc) is 2.65. The molecule has 0 fully saturated rings. The van der Waals surface area contributed by atoms with E-state index in [1.165, 1.54) is 0 Å². The molecule has 0 aliphatic heterocycles. The highest BCUT2D eigenvalue weighted by atomic mass is 79.9. The molecule has 1 heterocycles. The smallest absolute Gasteiger partial charge is 0.156 e. The Bertz CT molecular complexity index is 578. The molecule has 19 heavy (non-hydrogen) atoms. The van der Waals surface area contributed by atoms with Crippen LogP contribution in [0, 0.1) is 0 Å². The van der Waals surface area contributed by atoms with Crippen LogP contribution in [0.25, 0.3) is 0 Å². The standard InChI is InChI=1S/C13H15BrClN3O/c1-3-10-12(15)11(18(2)17-10)7-19-13-8(14)5-4-6-9(13)16/h4-6H,3,7,16H2,1-2H3. The first-order chi connectivity index (χ1) is 9.04. The van der Waals surface area contributed by atoms with Crippen LogP contribution in [-0.4, -0.2) is 9.78 Å². The highest BCUT2D eigenvalue weighted by Crippen LogP contribution is 2.32. The van der Waals surface area contributed by atoms with Gasteiger partial charge in [0.05, 0.1) is 26.6 Å². The van der Waals surface area contributed by atoms with Gasteiger partial charge in [0.1, 0.15) is 6.61 Å². The molecular formula is C13H15BrClN3O. The Labute approximate surface area is 125 Å². The van der Waals surface area contributed by atoms with Crippen LogP contribution in [0.15, 0.2) is 22.7 Å². The zero-order valence-corrected chi connectivity index (χ0v) is 13.1. The second-order valence-electron chi connectivity index (χ2n) is 4.13. The third kappa shape index (κ3) is 2.87. The fourth-order valence-corrected chi connectivity index (χ4v) is 2.64. The van der Waals surface area contributed by atoms with Gasteiger partial charge in [-0.05, 0) is 34.5 Å². The highest BCUT2D eigenvalue weighted by molar-refractivity contribution is 9.10. The Morgan fingerprint density at radius 1 is 1.47 bits per heavy atom. The van der Waals surface area contributed by atoms with Gasteiger partial charge in [0.25, 0.3) is 0 Å². The molecule has 2 N–H and O–H groups in total. The Balaban J connectivity index is 2.22. The maximum Gasteiger partial charge on any atom is 0.156 e. The van der Waals surface area contributed by atoms with Crippen molar-refractivity contribution in [3.05, 3.63) is 39.1 Å². The summed E-state index contributed by atoms with van der Waals surface area (Å²) in [6.45, 7) is 2.35. The number of para-hydroxylation sites is 1. The first kappa shape index (κ1) is 14.2. The predicted molar refractivity (Wildman–Crippen MR) is 80.5 cm³/mol. The molecule has 0 radical (unpaired) electrons. The number of hydrogen-bond acceptors (Lipinski definition) is 3. The normalized spacial score (nSPS) is 10.7. The Morgan fingerprint density at radius 3 is 2.79 bits per heavy atom. The first-order valence-electron chi connectivity index (χ1n) is 5.91. The van der Waals surface area contributed by atoms with Crippen molar-refractivity contribution in [3.63, 3.8) is 0 Å². The molecule has 0 amide bonds. The average molecular weight is 345 g/mol. The van der Waals surface area contributed by atoms with Crippen LogP contribution < -0.4 is 10.5 Å². The molecule has 4 nitrogen and oxygen atoms in total. The van der Waals surface area contributed by atoms with Crippen LogP contribution in [0.4, 0.5) is 5.69 Å². The van der Waals surface area contributed by atoms with Crippen molar-refractivity contribution < 1.29 is 4.74 Å². The number of halogens is 2. The van der Waals surface area contributed by atoms with Crippen LogP contribution in [0.3, 0.4) is 0 Å². The summed E-state index contributed by atoms with van der Waals surface area (Å²) in [7, 11) is 1.85. The minimum absolute atomic E-state index is 0.329. The van der Waals surface area contributed by atoms with E-state index in [-0.39, 0.29) is 0 Å². The van der Waals surface area contributed by atoms with Crippen LogP contribution in [0.1, 0.15) is 18.3 Å². The SMILES string of the molecule is CCc1nn(C)c(COc2c(N)cccc2Br)c1Cl. The third-order valence-electron chi connectivity index (χ3n) is 2.85. The Morgan fingerprint density at radius 2 is 2.21 bits per heavy atom. The third-order valence-corrected chi connectivity index (χ3v) is 3.91. The largest absolute Gasteiger partial charge is 0.484 e. The van der Waals surface area contributed by atoms with Gasteiger partial charge in [-0.25, -0.2) is 0 Å². The molecule has 0 spiro atoms. The van der Waals surface area contributed by atoms with Gasteiger partial charge in [0, 0.05) is 7.05 Å². The van der Waals surface area contributed by atoms with Crippen LogP contribution in [0.2, 0.25) is 5.02 Å². The molecular weight excluding hydrogens is 330 g/mol. The predicted octanol–water partition coefficient (Wildman–Crippen LogP) is 3.56. The molecule has 1 aromatic heterocycles. The Hall–Kier alpha value is -1.20. The molecule has 0 saturated heterocycles. The molecule has 0 bridgehead atoms. The van der Waals surface area contributed by atoms with Gasteiger partial charge in [-0.3, -0.25) is 4.68 Å². The summed E-state index contributed by atoms with van der Waals surface area (Å²) in [6.07, 6.45) is 0.795. The molecule has 0 atom stereocenters. The molecule has 102 valence electrons. The lowest BCUT2D eigenvalue weighted by Crippen LogP contribution is -2.05. The Kier molecular flexibility index (Phi) is 4.37. The molecule has 6 heteroatoms. The van der Waals surface area contributed by atoms with Crippen molar-refractivity contribution in [2.45, 2.75) is 20.0 Å². The first-order valence-corrected chi connectivity index (χ1v) is 7.08. The summed E-state index contributed by atoms with van der Waals surface area (Å²) in [5.41, 5.74) is 8.19. The quantitative estimate of drug-likeness (QED) is 0.863. The van der Waals surface area contributed by atoms with Gasteiger partial charge in [0.2, 0.25) is 0 Å². The van der Waals surface area contributed by atoms with Crippen molar-refractivity contribution >= 4 is 33.2 Å². The van der Waals surface area contributed by atoms with Gasteiger partial charge >= 0.3 is 0 Å². The van der Waals surface area contributed by atoms with E-state index in [1.807, 2.05) is 26.1 Å². The van der Waals surface area contributed by atoms with E-state index in [0.717, 1.165) is 22.3 Å². The van der Waals surface area contributed by atoms with Gasteiger partial charge in [0.15, 0.2) is 5.75 Å². The summed E-state index contributed by atoms with van der Waals surface area (Å²) in [5.74, 6) is 0.623. The van der Waals surface area contributed by atoms with E-state index in [2.05, 4.69) is 21.0 Å². The van der Waals surface area contributed by atoms with Gasteiger partial charge < -0.3 is 10.5 Å². The van der Waals surface area contributed by atoms with Gasteiger partial charge in [-0.2, -0.15) is 5.10 Å². The second-order valence-corrected chi connectivity index (χ2v) is 5.36. The molecule has 0 unspecified atom stereocenters. The topological polar surface area (TPSA) is 53.1 Å². The molecule has 2 aromatic rings. The second kappa shape index (κ2) is 5.84. The van der Waals surface area contributed by atoms with Crippen molar-refractivity contribution in [1.82, 2.24) is 9.78 Å². The number of benzene rings is 1. The number of hydrogen-bond donors (Lipinski definition) is 1. The van der Waals surface area contributed by atoms with Gasteiger partial charge in [-0.1, -0.05) is 24.6 Å². The summed E-state index contributed by atoms with van der Waals surface area (Å²) in [5, 5.41) is 5.01. The number of aryl methyl sites for hydroxylation is 2. The maximum absolute atomic E-state index is 6.27. The molecule has 0 aliphatic rings. The van der Waals surface area contributed by atoms with Crippen LogP contribution in [-0.2, 0) is 20.1 Å². The summed E-state index contributed by atoms with van der Waals surface area (Å²) in [4.78, 5) is 0. The number of anilines is 1. The van der Waals surface area contributed by atoms with Crippen molar-refractivity contribution in [1.29, 1.82) is 0 Å². The van der Waals surface area contributed by atoms with E-state index in [4.69, 9.17) is 22.1 Å². The minimum Gasteiger partial charge on any atom is -0.484 e. The van der Waals surface area contributed by atoms with E-state index < -0.39 is 0 Å². The van der Waals surface area contributed by atoms with Crippen LogP contribution >= 0.6 is 27.5 Å². The monoisotopic (exact) mass is 343 g/mol. The summed E-state index contributed by atoms with van der Waals surface area (Å²) in [6, 6.07) is 5.54. The number of aromatic nitrogens is 2. The van der Waals surface area contributed by atoms with E-state index in [0.29, 0.717) is 23.1 Å². The zero-order valence-electron chi connectivity index (χ0n) is 10.8. The lowest BCUT2D eigenvalue weighted by molar-refractivity contribution is 0.295. The number of nitrogens with two attached hydrogens (primary N) is 1. The number of ether oxygens (including phenoxy) is 1. The lowest BCUT2D eigenvalue weighted by atomic mass is 10.3. The molecule has 0 aliphatic carbocycles. The van der Waals surface area contributed by atoms with Crippen molar-refractivity contribution in [2.75, 3.05) is 5.73 Å².